The molecule has 0 N–H and O–H groups in total. The zero-order valence-electron chi connectivity index (χ0n) is 18.2. The Morgan fingerprint density at radius 1 is 0.514 bits per heavy atom. The first-order valence-corrected chi connectivity index (χ1v) is 11.1. The van der Waals surface area contributed by atoms with Crippen LogP contribution in [0, 0.1) is 0 Å². The van der Waals surface area contributed by atoms with E-state index in [-0.39, 0.29) is 11.8 Å². The van der Waals surface area contributed by atoms with Gasteiger partial charge in [0, 0.05) is 0 Å². The summed E-state index contributed by atoms with van der Waals surface area (Å²) in [7, 11) is 0. The average Bonchev–Trinajstić information content (AvgIpc) is 3.67. The van der Waals surface area contributed by atoms with E-state index in [2.05, 4.69) is 15.0 Å². The molecule has 0 aliphatic carbocycles. The molecule has 0 spiro atoms. The van der Waals surface area contributed by atoms with Gasteiger partial charge in [0.2, 0.25) is 0 Å². The monoisotopic (exact) mass is 453 g/mol. The van der Waals surface area contributed by atoms with Crippen LogP contribution in [0.3, 0.4) is 0 Å². The minimum absolute atomic E-state index is 0.365. The molecule has 35 heavy (non-hydrogen) atoms. The van der Waals surface area contributed by atoms with Crippen molar-refractivity contribution in [3.8, 4) is 0 Å². The minimum atomic E-state index is -0.365. The third kappa shape index (κ3) is 3.21. The number of rotatable bonds is 1. The molecule has 6 heterocycles. The molecular weight excluding hydrogens is 438 g/mol. The van der Waals surface area contributed by atoms with Crippen LogP contribution >= 0.6 is 0 Å². The smallest absolute Gasteiger partial charge is 0.266 e. The number of carbonyl (C=O) groups is 2. The average molecular weight is 453 g/mol. The molecule has 0 fully saturated rings. The second kappa shape index (κ2) is 7.23. The molecule has 1 aromatic rings. The number of benzene rings is 1. The minimum Gasteiger partial charge on any atom is -0.268 e. The van der Waals surface area contributed by atoms with Gasteiger partial charge in [-0.15, -0.1) is 0 Å². The van der Waals surface area contributed by atoms with E-state index in [1.165, 1.54) is 4.90 Å². The largest absolute Gasteiger partial charge is 0.268 e. The summed E-state index contributed by atoms with van der Waals surface area (Å²) in [6.07, 6.45) is 20.6. The first-order valence-electron chi connectivity index (χ1n) is 11.1. The maximum absolute atomic E-state index is 13.2. The zero-order valence-corrected chi connectivity index (χ0v) is 18.2. The van der Waals surface area contributed by atoms with E-state index in [4.69, 9.17) is 4.99 Å². The van der Waals surface area contributed by atoms with Crippen LogP contribution in [0.15, 0.2) is 140 Å². The van der Waals surface area contributed by atoms with Crippen molar-refractivity contribution in [3.05, 3.63) is 131 Å². The van der Waals surface area contributed by atoms with Gasteiger partial charge >= 0.3 is 0 Å². The highest BCUT2D eigenvalue weighted by Gasteiger charge is 2.39. The van der Waals surface area contributed by atoms with Crippen LogP contribution in [-0.2, 0) is 0 Å². The number of hydrogen-bond acceptors (Lipinski definition) is 6. The van der Waals surface area contributed by atoms with E-state index in [0.29, 0.717) is 39.6 Å². The van der Waals surface area contributed by atoms with Crippen molar-refractivity contribution in [3.63, 3.8) is 0 Å². The molecule has 8 bridgehead atoms. The predicted molar refractivity (Wildman–Crippen MR) is 135 cm³/mol. The lowest BCUT2D eigenvalue weighted by atomic mass is 10.1. The van der Waals surface area contributed by atoms with Crippen LogP contribution in [0.4, 0.5) is 0 Å². The number of allylic oxidation sites excluding steroid dienone is 11. The van der Waals surface area contributed by atoms with Crippen LogP contribution in [0.5, 0.6) is 0 Å². The molecule has 164 valence electrons. The fourth-order valence-corrected chi connectivity index (χ4v) is 4.47. The summed E-state index contributed by atoms with van der Waals surface area (Å²) in [5.41, 5.74) is 6.78. The quantitative estimate of drug-likeness (QED) is 0.597. The first-order chi connectivity index (χ1) is 17.1. The summed E-state index contributed by atoms with van der Waals surface area (Å²) in [5.74, 6) is -0.730. The molecule has 7 rings (SSSR count). The van der Waals surface area contributed by atoms with Crippen molar-refractivity contribution in [1.82, 2.24) is 4.90 Å². The summed E-state index contributed by atoms with van der Waals surface area (Å²) < 4.78 is 0. The number of fused-ring (bicyclic) bond motifs is 5. The van der Waals surface area contributed by atoms with E-state index in [9.17, 15) is 9.59 Å². The van der Waals surface area contributed by atoms with E-state index < -0.39 is 0 Å². The van der Waals surface area contributed by atoms with Gasteiger partial charge in [0.15, 0.2) is 0 Å². The zero-order chi connectivity index (χ0) is 23.5. The Morgan fingerprint density at radius 3 is 1.54 bits per heavy atom. The molecule has 0 saturated carbocycles. The fourth-order valence-electron chi connectivity index (χ4n) is 4.47. The first kappa shape index (κ1) is 19.4. The highest BCUT2D eigenvalue weighted by Crippen LogP contribution is 2.33. The standard InChI is InChI=1S/C28H15N5O2/c34-27-23-3-1-2-4-24(23)28(35)33(27)26-15-22-13-20-8-7-18(30-20)11-16-5-6-17(29-16)12-19-9-10-21(31-19)14-25(26)32-22/h1-15H. The molecule has 7 heteroatoms. The van der Waals surface area contributed by atoms with E-state index in [1.54, 1.807) is 36.4 Å². The van der Waals surface area contributed by atoms with Gasteiger partial charge in [0.1, 0.15) is 0 Å². The lowest BCUT2D eigenvalue weighted by molar-refractivity contribution is 0.0708. The Balaban J connectivity index is 1.37. The number of imide groups is 1. The van der Waals surface area contributed by atoms with Crippen molar-refractivity contribution >= 4 is 34.7 Å². The number of hydrogen-bond donors (Lipinski definition) is 0. The molecule has 0 aromatic heterocycles. The Bertz CT molecular complexity index is 1630. The summed E-state index contributed by atoms with van der Waals surface area (Å²) >= 11 is 0. The van der Waals surface area contributed by atoms with Gasteiger partial charge in [-0.2, -0.15) is 0 Å². The van der Waals surface area contributed by atoms with Crippen LogP contribution in [0.25, 0.3) is 0 Å². The fraction of sp³-hybridized carbons (Fsp3) is 0. The Morgan fingerprint density at radius 2 is 1.00 bits per heavy atom. The maximum atomic E-state index is 13.2. The number of amides is 2. The van der Waals surface area contributed by atoms with Gasteiger partial charge in [-0.25, -0.2) is 24.9 Å². The third-order valence-corrected chi connectivity index (χ3v) is 6.05. The van der Waals surface area contributed by atoms with Crippen molar-refractivity contribution in [1.29, 1.82) is 0 Å². The van der Waals surface area contributed by atoms with Crippen molar-refractivity contribution in [2.24, 2.45) is 20.0 Å². The molecule has 0 saturated heterocycles. The number of nitrogens with zero attached hydrogens (tertiary/aromatic N) is 5. The molecule has 7 nitrogen and oxygen atoms in total. The summed E-state index contributed by atoms with van der Waals surface area (Å²) in [6.45, 7) is 0. The Labute approximate surface area is 200 Å². The molecule has 0 unspecified atom stereocenters. The second-order valence-electron chi connectivity index (χ2n) is 8.40. The third-order valence-electron chi connectivity index (χ3n) is 6.05. The summed E-state index contributed by atoms with van der Waals surface area (Å²) in [4.78, 5) is 46.2. The van der Waals surface area contributed by atoms with Gasteiger partial charge in [0.25, 0.3) is 11.8 Å². The van der Waals surface area contributed by atoms with Crippen LogP contribution in [-0.4, -0.2) is 39.6 Å². The predicted octanol–water partition coefficient (Wildman–Crippen LogP) is 4.20. The van der Waals surface area contributed by atoms with Crippen LogP contribution < -0.4 is 0 Å². The topological polar surface area (TPSA) is 86.8 Å². The lowest BCUT2D eigenvalue weighted by Gasteiger charge is -2.15. The number of carbonyl (C=O) groups excluding carboxylic acids is 2. The molecule has 1 aromatic carbocycles. The maximum Gasteiger partial charge on any atom is 0.266 e. The van der Waals surface area contributed by atoms with E-state index >= 15 is 0 Å². The van der Waals surface area contributed by atoms with Gasteiger partial charge < -0.3 is 0 Å². The molecule has 0 atom stereocenters. The SMILES string of the molecule is O=C1c2ccccc2C(=O)N1C1=CC2=NC1=CC1=NC(=CC3=NC(=CC4=NC(=C2)C=C4)C=C3)C=C1. The number of aliphatic imine (C=N–C) groups is 4. The normalized spacial score (nSPS) is 21.3. The van der Waals surface area contributed by atoms with E-state index in [1.807, 2.05) is 54.7 Å². The molecular formula is C28H15N5O2. The highest BCUT2D eigenvalue weighted by molar-refractivity contribution is 6.24. The molecule has 6 aliphatic rings. The van der Waals surface area contributed by atoms with Gasteiger partial charge in [-0.05, 0) is 79.0 Å². The molecule has 2 amide bonds. The van der Waals surface area contributed by atoms with Crippen molar-refractivity contribution in [2.75, 3.05) is 0 Å². The van der Waals surface area contributed by atoms with Crippen molar-refractivity contribution in [2.45, 2.75) is 0 Å². The lowest BCUT2D eigenvalue weighted by Crippen LogP contribution is -2.29. The second-order valence-corrected chi connectivity index (χ2v) is 8.40. The summed E-state index contributed by atoms with van der Waals surface area (Å²) in [5, 5.41) is 0. The van der Waals surface area contributed by atoms with Gasteiger partial charge in [-0.1, -0.05) is 12.1 Å². The Kier molecular flexibility index (Phi) is 4.01. The van der Waals surface area contributed by atoms with Crippen LogP contribution in [0.2, 0.25) is 0 Å². The highest BCUT2D eigenvalue weighted by atomic mass is 16.2. The van der Waals surface area contributed by atoms with E-state index in [0.717, 1.165) is 22.8 Å². The summed E-state index contributed by atoms with van der Waals surface area (Å²) in [6, 6.07) is 6.84. The van der Waals surface area contributed by atoms with Gasteiger partial charge in [0.05, 0.1) is 62.5 Å². The molecule has 0 radical (unpaired) electrons. The molecule has 6 aliphatic heterocycles. The van der Waals surface area contributed by atoms with Gasteiger partial charge in [-0.3, -0.25) is 9.59 Å². The van der Waals surface area contributed by atoms with Crippen LogP contribution in [0.1, 0.15) is 20.7 Å². The van der Waals surface area contributed by atoms with Crippen molar-refractivity contribution < 1.29 is 9.59 Å². The Hall–Kier alpha value is -5.04.